The molecule has 0 saturated heterocycles. The van der Waals surface area contributed by atoms with Crippen LogP contribution in [-0.2, 0) is 0 Å². The zero-order valence-electron chi connectivity index (χ0n) is 5.78. The van der Waals surface area contributed by atoms with Crippen molar-refractivity contribution in [1.82, 2.24) is 4.98 Å². The fourth-order valence-corrected chi connectivity index (χ4v) is 0.712. The van der Waals surface area contributed by atoms with Gasteiger partial charge < -0.3 is 5.84 Å². The quantitative estimate of drug-likeness (QED) is 0.350. The fraction of sp³-hybridized carbons (Fsp3) is 0.143. The van der Waals surface area contributed by atoms with Gasteiger partial charge in [-0.05, 0) is 19.1 Å². The number of nitrogens with two attached hydrogens (primary N) is 1. The summed E-state index contributed by atoms with van der Waals surface area (Å²) in [5.41, 5.74) is 1.76. The predicted molar refractivity (Wildman–Crippen MR) is 40.8 cm³/mol. The second kappa shape index (κ2) is 2.96. The molecule has 0 aliphatic carbocycles. The number of nitrogens with zero attached hydrogens (tertiary/aromatic N) is 2. The second-order valence-corrected chi connectivity index (χ2v) is 1.98. The van der Waals surface area contributed by atoms with Gasteiger partial charge in [0.15, 0.2) is 0 Å². The molecular weight excluding hydrogens is 126 g/mol. The van der Waals surface area contributed by atoms with Gasteiger partial charge >= 0.3 is 0 Å². The lowest BCUT2D eigenvalue weighted by atomic mass is 10.3. The molecule has 0 fully saturated rings. The van der Waals surface area contributed by atoms with E-state index in [0.717, 1.165) is 11.4 Å². The first-order chi connectivity index (χ1) is 4.83. The van der Waals surface area contributed by atoms with Gasteiger partial charge in [0.05, 0.1) is 11.9 Å². The Kier molecular flexibility index (Phi) is 1.99. The SMILES string of the molecule is Cc1cccc(/C=N\N)n1. The van der Waals surface area contributed by atoms with Gasteiger partial charge in [0.1, 0.15) is 0 Å². The minimum absolute atomic E-state index is 0.794. The van der Waals surface area contributed by atoms with Crippen molar-refractivity contribution in [2.24, 2.45) is 10.9 Å². The van der Waals surface area contributed by atoms with Crippen LogP contribution in [0.15, 0.2) is 23.3 Å². The summed E-state index contributed by atoms with van der Waals surface area (Å²) in [4.78, 5) is 4.13. The molecule has 1 aromatic rings. The van der Waals surface area contributed by atoms with Gasteiger partial charge in [-0.2, -0.15) is 5.10 Å². The number of rotatable bonds is 1. The van der Waals surface area contributed by atoms with Gasteiger partial charge in [-0.15, -0.1) is 0 Å². The number of hydrazone groups is 1. The van der Waals surface area contributed by atoms with Crippen molar-refractivity contribution in [3.8, 4) is 0 Å². The molecular formula is C7H9N3. The highest BCUT2D eigenvalue weighted by atomic mass is 15.1. The molecule has 1 heterocycles. The van der Waals surface area contributed by atoms with E-state index in [2.05, 4.69) is 10.1 Å². The molecule has 0 atom stereocenters. The van der Waals surface area contributed by atoms with E-state index in [0.29, 0.717) is 0 Å². The van der Waals surface area contributed by atoms with E-state index < -0.39 is 0 Å². The van der Waals surface area contributed by atoms with Crippen LogP contribution in [0, 0.1) is 6.92 Å². The molecule has 0 spiro atoms. The van der Waals surface area contributed by atoms with Crippen LogP contribution >= 0.6 is 0 Å². The Balaban J connectivity index is 2.95. The van der Waals surface area contributed by atoms with Crippen LogP contribution in [0.1, 0.15) is 11.4 Å². The Labute approximate surface area is 59.6 Å². The van der Waals surface area contributed by atoms with E-state index >= 15 is 0 Å². The maximum atomic E-state index is 4.94. The molecule has 0 unspecified atom stereocenters. The lowest BCUT2D eigenvalue weighted by molar-refractivity contribution is 1.17. The molecule has 0 saturated carbocycles. The van der Waals surface area contributed by atoms with Crippen molar-refractivity contribution in [1.29, 1.82) is 0 Å². The zero-order valence-corrected chi connectivity index (χ0v) is 5.78. The van der Waals surface area contributed by atoms with Gasteiger partial charge in [-0.3, -0.25) is 4.98 Å². The minimum atomic E-state index is 0.794. The average Bonchev–Trinajstić information content (AvgIpc) is 1.88. The topological polar surface area (TPSA) is 51.3 Å². The van der Waals surface area contributed by atoms with Crippen LogP contribution in [0.5, 0.6) is 0 Å². The van der Waals surface area contributed by atoms with Crippen molar-refractivity contribution in [2.45, 2.75) is 6.92 Å². The second-order valence-electron chi connectivity index (χ2n) is 1.98. The summed E-state index contributed by atoms with van der Waals surface area (Å²) >= 11 is 0. The molecule has 0 bridgehead atoms. The molecule has 1 rings (SSSR count). The molecule has 0 aliphatic rings. The first kappa shape index (κ1) is 6.74. The highest BCUT2D eigenvalue weighted by Crippen LogP contribution is 1.93. The summed E-state index contributed by atoms with van der Waals surface area (Å²) in [6.07, 6.45) is 1.52. The van der Waals surface area contributed by atoms with Crippen molar-refractivity contribution in [3.63, 3.8) is 0 Å². The van der Waals surface area contributed by atoms with Crippen LogP contribution in [-0.4, -0.2) is 11.2 Å². The third kappa shape index (κ3) is 1.55. The van der Waals surface area contributed by atoms with Gasteiger partial charge in [0.25, 0.3) is 0 Å². The zero-order chi connectivity index (χ0) is 7.40. The van der Waals surface area contributed by atoms with Gasteiger partial charge in [0.2, 0.25) is 0 Å². The van der Waals surface area contributed by atoms with Crippen LogP contribution < -0.4 is 5.84 Å². The van der Waals surface area contributed by atoms with Crippen LogP contribution in [0.3, 0.4) is 0 Å². The van der Waals surface area contributed by atoms with Crippen molar-refractivity contribution < 1.29 is 0 Å². The number of aromatic nitrogens is 1. The fourth-order valence-electron chi connectivity index (χ4n) is 0.712. The first-order valence-electron chi connectivity index (χ1n) is 3.00. The van der Waals surface area contributed by atoms with E-state index in [1.54, 1.807) is 0 Å². The summed E-state index contributed by atoms with van der Waals surface area (Å²) in [7, 11) is 0. The third-order valence-electron chi connectivity index (χ3n) is 1.12. The minimum Gasteiger partial charge on any atom is -0.323 e. The lowest BCUT2D eigenvalue weighted by Crippen LogP contribution is -1.91. The van der Waals surface area contributed by atoms with E-state index in [1.807, 2.05) is 25.1 Å². The summed E-state index contributed by atoms with van der Waals surface area (Å²) < 4.78 is 0. The van der Waals surface area contributed by atoms with E-state index in [9.17, 15) is 0 Å². The van der Waals surface area contributed by atoms with E-state index in [-0.39, 0.29) is 0 Å². The molecule has 3 nitrogen and oxygen atoms in total. The smallest absolute Gasteiger partial charge is 0.0833 e. The summed E-state index contributed by atoms with van der Waals surface area (Å²) in [6.45, 7) is 1.92. The highest BCUT2D eigenvalue weighted by Gasteiger charge is 1.87. The third-order valence-corrected chi connectivity index (χ3v) is 1.12. The molecule has 3 heteroatoms. The summed E-state index contributed by atoms with van der Waals surface area (Å²) in [5, 5.41) is 3.36. The van der Waals surface area contributed by atoms with Crippen molar-refractivity contribution in [3.05, 3.63) is 29.6 Å². The van der Waals surface area contributed by atoms with E-state index in [1.165, 1.54) is 6.21 Å². The highest BCUT2D eigenvalue weighted by molar-refractivity contribution is 5.76. The molecule has 0 aromatic carbocycles. The average molecular weight is 135 g/mol. The number of hydrogen-bond donors (Lipinski definition) is 1. The van der Waals surface area contributed by atoms with Crippen molar-refractivity contribution in [2.75, 3.05) is 0 Å². The standard InChI is InChI=1S/C7H9N3/c1-6-3-2-4-7(10-6)5-9-8/h2-5H,8H2,1H3/b9-5-. The summed E-state index contributed by atoms with van der Waals surface area (Å²) in [5.74, 6) is 4.94. The van der Waals surface area contributed by atoms with Crippen LogP contribution in [0.2, 0.25) is 0 Å². The molecule has 0 radical (unpaired) electrons. The first-order valence-corrected chi connectivity index (χ1v) is 3.00. The Morgan fingerprint density at radius 3 is 3.00 bits per heavy atom. The Bertz CT molecular complexity index is 242. The number of hydrogen-bond acceptors (Lipinski definition) is 3. The maximum Gasteiger partial charge on any atom is 0.0833 e. The Hall–Kier alpha value is -1.38. The van der Waals surface area contributed by atoms with Crippen LogP contribution in [0.4, 0.5) is 0 Å². The summed E-state index contributed by atoms with van der Waals surface area (Å²) in [6, 6.07) is 5.69. The van der Waals surface area contributed by atoms with Gasteiger partial charge in [0, 0.05) is 5.69 Å². The normalized spacial score (nSPS) is 10.5. The molecule has 10 heavy (non-hydrogen) atoms. The molecule has 2 N–H and O–H groups in total. The monoisotopic (exact) mass is 135 g/mol. The van der Waals surface area contributed by atoms with Gasteiger partial charge in [-0.25, -0.2) is 0 Å². The predicted octanol–water partition coefficient (Wildman–Crippen LogP) is 0.683. The maximum absolute atomic E-state index is 4.94. The molecule has 0 amide bonds. The molecule has 0 aliphatic heterocycles. The number of pyridine rings is 1. The van der Waals surface area contributed by atoms with Gasteiger partial charge in [-0.1, -0.05) is 6.07 Å². The van der Waals surface area contributed by atoms with Crippen LogP contribution in [0.25, 0.3) is 0 Å². The molecule has 1 aromatic heterocycles. The van der Waals surface area contributed by atoms with E-state index in [4.69, 9.17) is 5.84 Å². The van der Waals surface area contributed by atoms with Crippen molar-refractivity contribution >= 4 is 6.21 Å². The lowest BCUT2D eigenvalue weighted by Gasteiger charge is -1.91. The largest absolute Gasteiger partial charge is 0.323 e. The number of aryl methyl sites for hydroxylation is 1. The molecule has 52 valence electrons. The Morgan fingerprint density at radius 1 is 1.60 bits per heavy atom. The Morgan fingerprint density at radius 2 is 2.40 bits per heavy atom.